The van der Waals surface area contributed by atoms with E-state index in [0.717, 1.165) is 31.5 Å². The van der Waals surface area contributed by atoms with E-state index in [1.807, 2.05) is 13.0 Å². The minimum absolute atomic E-state index is 0.237. The summed E-state index contributed by atoms with van der Waals surface area (Å²) in [5, 5.41) is 5.95. The van der Waals surface area contributed by atoms with Gasteiger partial charge in [0, 0.05) is 12.2 Å². The van der Waals surface area contributed by atoms with Gasteiger partial charge in [-0.05, 0) is 31.5 Å². The molecule has 6 nitrogen and oxygen atoms in total. The molecule has 2 rings (SSSR count). The Labute approximate surface area is 130 Å². The molecule has 2 N–H and O–H groups in total. The van der Waals surface area contributed by atoms with E-state index in [4.69, 9.17) is 4.42 Å². The molecule has 0 bridgehead atoms. The number of hydrogen-bond acceptors (Lipinski definition) is 5. The summed E-state index contributed by atoms with van der Waals surface area (Å²) >= 11 is 0. The van der Waals surface area contributed by atoms with Gasteiger partial charge in [0.1, 0.15) is 11.5 Å². The van der Waals surface area contributed by atoms with E-state index in [1.54, 1.807) is 18.4 Å². The van der Waals surface area contributed by atoms with Gasteiger partial charge in [-0.15, -0.1) is 0 Å². The number of hydrogen-bond donors (Lipinski definition) is 2. The van der Waals surface area contributed by atoms with Crippen molar-refractivity contribution in [1.82, 2.24) is 15.3 Å². The van der Waals surface area contributed by atoms with Crippen molar-refractivity contribution in [2.24, 2.45) is 0 Å². The maximum absolute atomic E-state index is 12.1. The molecule has 22 heavy (non-hydrogen) atoms. The van der Waals surface area contributed by atoms with Crippen molar-refractivity contribution in [3.8, 4) is 0 Å². The highest BCUT2D eigenvalue weighted by Crippen LogP contribution is 2.07. The molecule has 0 fully saturated rings. The molecular weight excluding hydrogens is 280 g/mol. The lowest BCUT2D eigenvalue weighted by molar-refractivity contribution is 0.0943. The molecule has 1 amide bonds. The monoisotopic (exact) mass is 302 g/mol. The largest absolute Gasteiger partial charge is 0.467 e. The summed E-state index contributed by atoms with van der Waals surface area (Å²) in [6.07, 6.45) is 4.97. The SMILES string of the molecule is CCCCCNc1nc(C)cc(C(=O)NCc2ccco2)n1. The number of rotatable bonds is 8. The number of nitrogens with one attached hydrogen (secondary N) is 2. The van der Waals surface area contributed by atoms with Crippen LogP contribution in [0.3, 0.4) is 0 Å². The van der Waals surface area contributed by atoms with E-state index in [-0.39, 0.29) is 5.91 Å². The number of aryl methyl sites for hydroxylation is 1. The molecule has 2 heterocycles. The summed E-state index contributed by atoms with van der Waals surface area (Å²) in [5.41, 5.74) is 1.12. The molecule has 6 heteroatoms. The Morgan fingerprint density at radius 2 is 2.18 bits per heavy atom. The molecule has 0 aliphatic heterocycles. The smallest absolute Gasteiger partial charge is 0.270 e. The molecule has 0 aliphatic carbocycles. The van der Waals surface area contributed by atoms with Crippen LogP contribution in [0.4, 0.5) is 5.95 Å². The zero-order chi connectivity index (χ0) is 15.8. The van der Waals surface area contributed by atoms with Gasteiger partial charge in [0.25, 0.3) is 5.91 Å². The second-order valence-electron chi connectivity index (χ2n) is 5.11. The molecule has 0 aliphatic rings. The number of amides is 1. The molecule has 0 saturated carbocycles. The maximum Gasteiger partial charge on any atom is 0.270 e. The lowest BCUT2D eigenvalue weighted by Gasteiger charge is -2.08. The first kappa shape index (κ1) is 16.0. The summed E-state index contributed by atoms with van der Waals surface area (Å²) < 4.78 is 5.18. The predicted octanol–water partition coefficient (Wildman–Crippen LogP) is 2.91. The molecule has 0 radical (unpaired) electrons. The van der Waals surface area contributed by atoms with Gasteiger partial charge in [-0.3, -0.25) is 4.79 Å². The Bertz CT molecular complexity index is 596. The molecular formula is C16H22N4O2. The van der Waals surface area contributed by atoms with Gasteiger partial charge in [-0.2, -0.15) is 0 Å². The van der Waals surface area contributed by atoms with Gasteiger partial charge in [0.2, 0.25) is 5.95 Å². The number of unbranched alkanes of at least 4 members (excludes halogenated alkanes) is 2. The Hall–Kier alpha value is -2.37. The number of nitrogens with zero attached hydrogens (tertiary/aromatic N) is 2. The molecule has 2 aromatic heterocycles. The van der Waals surface area contributed by atoms with E-state index >= 15 is 0 Å². The molecule has 2 aromatic rings. The van der Waals surface area contributed by atoms with Crippen molar-refractivity contribution < 1.29 is 9.21 Å². The van der Waals surface area contributed by atoms with Crippen LogP contribution in [-0.2, 0) is 6.54 Å². The third-order valence-corrected chi connectivity index (χ3v) is 3.15. The quantitative estimate of drug-likeness (QED) is 0.733. The summed E-state index contributed by atoms with van der Waals surface area (Å²) in [6.45, 7) is 5.16. The minimum Gasteiger partial charge on any atom is -0.467 e. The van der Waals surface area contributed by atoms with Crippen LogP contribution in [0, 0.1) is 6.92 Å². The average Bonchev–Trinajstić information content (AvgIpc) is 3.02. The van der Waals surface area contributed by atoms with Crippen LogP contribution in [0.15, 0.2) is 28.9 Å². The third-order valence-electron chi connectivity index (χ3n) is 3.15. The molecule has 0 spiro atoms. The zero-order valence-electron chi connectivity index (χ0n) is 13.1. The third kappa shape index (κ3) is 4.87. The number of aromatic nitrogens is 2. The van der Waals surface area contributed by atoms with Crippen molar-refractivity contribution >= 4 is 11.9 Å². The van der Waals surface area contributed by atoms with E-state index in [0.29, 0.717) is 23.9 Å². The van der Waals surface area contributed by atoms with Crippen LogP contribution < -0.4 is 10.6 Å². The number of furan rings is 1. The van der Waals surface area contributed by atoms with Gasteiger partial charge in [-0.1, -0.05) is 19.8 Å². The van der Waals surface area contributed by atoms with Crippen LogP contribution >= 0.6 is 0 Å². The molecule has 0 unspecified atom stereocenters. The minimum atomic E-state index is -0.237. The van der Waals surface area contributed by atoms with E-state index in [1.165, 1.54) is 0 Å². The average molecular weight is 302 g/mol. The Morgan fingerprint density at radius 1 is 1.32 bits per heavy atom. The molecule has 0 aromatic carbocycles. The van der Waals surface area contributed by atoms with Crippen molar-refractivity contribution in [2.45, 2.75) is 39.7 Å². The summed E-state index contributed by atoms with van der Waals surface area (Å²) in [6, 6.07) is 5.27. The van der Waals surface area contributed by atoms with Crippen molar-refractivity contribution in [2.75, 3.05) is 11.9 Å². The fourth-order valence-electron chi connectivity index (χ4n) is 2.01. The zero-order valence-corrected chi connectivity index (χ0v) is 13.1. The van der Waals surface area contributed by atoms with Crippen molar-refractivity contribution in [3.63, 3.8) is 0 Å². The summed E-state index contributed by atoms with van der Waals surface area (Å²) in [7, 11) is 0. The second kappa shape index (κ2) is 8.17. The van der Waals surface area contributed by atoms with Crippen LogP contribution in [0.5, 0.6) is 0 Å². The lowest BCUT2D eigenvalue weighted by Crippen LogP contribution is -2.24. The highest BCUT2D eigenvalue weighted by molar-refractivity contribution is 5.92. The Balaban J connectivity index is 1.94. The van der Waals surface area contributed by atoms with Gasteiger partial charge in [0.15, 0.2) is 0 Å². The fourth-order valence-corrected chi connectivity index (χ4v) is 2.01. The van der Waals surface area contributed by atoms with Crippen LogP contribution in [0.1, 0.15) is 48.1 Å². The molecule has 0 atom stereocenters. The first-order valence-corrected chi connectivity index (χ1v) is 7.59. The lowest BCUT2D eigenvalue weighted by atomic mass is 10.2. The van der Waals surface area contributed by atoms with Crippen LogP contribution in [0.25, 0.3) is 0 Å². The van der Waals surface area contributed by atoms with Gasteiger partial charge < -0.3 is 15.1 Å². The highest BCUT2D eigenvalue weighted by atomic mass is 16.3. The first-order chi connectivity index (χ1) is 10.7. The standard InChI is InChI=1S/C16H22N4O2/c1-3-4-5-8-17-16-19-12(2)10-14(20-16)15(21)18-11-13-7-6-9-22-13/h6-7,9-10H,3-5,8,11H2,1-2H3,(H,18,21)(H,17,19,20). The predicted molar refractivity (Wildman–Crippen MR) is 84.7 cm³/mol. The van der Waals surface area contributed by atoms with Crippen LogP contribution in [0.2, 0.25) is 0 Å². The number of carbonyl (C=O) groups excluding carboxylic acids is 1. The molecule has 118 valence electrons. The molecule has 0 saturated heterocycles. The van der Waals surface area contributed by atoms with Crippen molar-refractivity contribution in [3.05, 3.63) is 41.6 Å². The topological polar surface area (TPSA) is 80.0 Å². The van der Waals surface area contributed by atoms with Crippen molar-refractivity contribution in [1.29, 1.82) is 0 Å². The first-order valence-electron chi connectivity index (χ1n) is 7.59. The van der Waals surface area contributed by atoms with Gasteiger partial charge >= 0.3 is 0 Å². The van der Waals surface area contributed by atoms with Gasteiger partial charge in [-0.25, -0.2) is 9.97 Å². The van der Waals surface area contributed by atoms with Gasteiger partial charge in [0.05, 0.1) is 12.8 Å². The Kier molecular flexibility index (Phi) is 5.94. The second-order valence-corrected chi connectivity index (χ2v) is 5.11. The highest BCUT2D eigenvalue weighted by Gasteiger charge is 2.10. The normalized spacial score (nSPS) is 10.5. The van der Waals surface area contributed by atoms with Crippen LogP contribution in [-0.4, -0.2) is 22.4 Å². The maximum atomic E-state index is 12.1. The fraction of sp³-hybridized carbons (Fsp3) is 0.438. The van der Waals surface area contributed by atoms with E-state index in [2.05, 4.69) is 27.5 Å². The number of carbonyl (C=O) groups is 1. The summed E-state index contributed by atoms with van der Waals surface area (Å²) in [4.78, 5) is 20.7. The van der Waals surface area contributed by atoms with E-state index < -0.39 is 0 Å². The number of anilines is 1. The van der Waals surface area contributed by atoms with E-state index in [9.17, 15) is 4.79 Å². The Morgan fingerprint density at radius 3 is 2.91 bits per heavy atom. The summed E-state index contributed by atoms with van der Waals surface area (Å²) in [5.74, 6) is 0.967.